The molecule has 0 saturated heterocycles. The number of carbonyl (C=O) groups is 1. The number of carbonyl (C=O) groups excluding carboxylic acids is 1. The number of hydrogen-bond donors (Lipinski definition) is 2. The monoisotopic (exact) mass is 623 g/mol. The van der Waals surface area contributed by atoms with Crippen molar-refractivity contribution in [2.45, 2.75) is 20.0 Å². The molecular weight excluding hydrogens is 593 g/mol. The van der Waals surface area contributed by atoms with E-state index in [1.54, 1.807) is 37.4 Å². The molecular formula is C34H30FN5O4S. The summed E-state index contributed by atoms with van der Waals surface area (Å²) in [5, 5.41) is 7.15. The van der Waals surface area contributed by atoms with Gasteiger partial charge in [0.15, 0.2) is 0 Å². The van der Waals surface area contributed by atoms with Gasteiger partial charge in [-0.25, -0.2) is 17.8 Å². The van der Waals surface area contributed by atoms with E-state index in [4.69, 9.17) is 9.40 Å². The molecule has 9 nitrogen and oxygen atoms in total. The van der Waals surface area contributed by atoms with Crippen molar-refractivity contribution in [2.24, 2.45) is 0 Å². The van der Waals surface area contributed by atoms with Crippen LogP contribution in [0.5, 0.6) is 0 Å². The van der Waals surface area contributed by atoms with Crippen LogP contribution in [0.2, 0.25) is 0 Å². The van der Waals surface area contributed by atoms with Crippen LogP contribution < -0.4 is 14.9 Å². The molecule has 0 spiro atoms. The van der Waals surface area contributed by atoms with Crippen LogP contribution in [-0.2, 0) is 10.0 Å². The number of amides is 1. The Bertz CT molecular complexity index is 2290. The molecule has 0 saturated carbocycles. The van der Waals surface area contributed by atoms with Crippen molar-refractivity contribution in [3.63, 3.8) is 0 Å². The van der Waals surface area contributed by atoms with Crippen molar-refractivity contribution in [1.82, 2.24) is 14.9 Å². The second-order valence-electron chi connectivity index (χ2n) is 11.3. The number of sulfonamides is 1. The normalized spacial score (nSPS) is 14.2. The molecule has 0 radical (unpaired) electrons. The molecule has 3 aromatic carbocycles. The summed E-state index contributed by atoms with van der Waals surface area (Å²) in [4.78, 5) is 18.3. The number of furan rings is 1. The molecule has 1 aliphatic rings. The second-order valence-corrected chi connectivity index (χ2v) is 13.3. The molecule has 0 fully saturated rings. The van der Waals surface area contributed by atoms with Gasteiger partial charge in [-0.1, -0.05) is 35.9 Å². The van der Waals surface area contributed by atoms with Gasteiger partial charge in [-0.05, 0) is 50.2 Å². The highest BCUT2D eigenvalue weighted by molar-refractivity contribution is 7.92. The number of halogens is 1. The zero-order valence-corrected chi connectivity index (χ0v) is 26.1. The number of anilines is 2. The quantitative estimate of drug-likeness (QED) is 0.216. The summed E-state index contributed by atoms with van der Waals surface area (Å²) in [7, 11) is -0.692. The van der Waals surface area contributed by atoms with E-state index in [0.29, 0.717) is 55.9 Å². The molecule has 4 heterocycles. The lowest BCUT2D eigenvalue weighted by molar-refractivity contribution is 0.0964. The average Bonchev–Trinajstić information content (AvgIpc) is 3.60. The number of aryl methyl sites for hydroxylation is 1. The van der Waals surface area contributed by atoms with Gasteiger partial charge in [-0.3, -0.25) is 9.10 Å². The van der Waals surface area contributed by atoms with Crippen LogP contribution in [0.15, 0.2) is 77.2 Å². The van der Waals surface area contributed by atoms with Gasteiger partial charge in [-0.15, -0.1) is 0 Å². The summed E-state index contributed by atoms with van der Waals surface area (Å²) in [6, 6.07) is 21.5. The van der Waals surface area contributed by atoms with Crippen LogP contribution in [0.4, 0.5) is 15.8 Å². The average molecular weight is 624 g/mol. The highest BCUT2D eigenvalue weighted by Gasteiger charge is 2.29. The van der Waals surface area contributed by atoms with Crippen molar-refractivity contribution in [1.29, 1.82) is 0 Å². The fourth-order valence-corrected chi connectivity index (χ4v) is 6.57. The molecule has 1 atom stereocenters. The second kappa shape index (κ2) is 10.2. The predicted molar refractivity (Wildman–Crippen MR) is 175 cm³/mol. The van der Waals surface area contributed by atoms with Gasteiger partial charge in [0.1, 0.15) is 29.0 Å². The lowest BCUT2D eigenvalue weighted by atomic mass is 10.00. The lowest BCUT2D eigenvalue weighted by Crippen LogP contribution is -2.25. The van der Waals surface area contributed by atoms with Crippen LogP contribution in [0.25, 0.3) is 55.8 Å². The third-order valence-corrected chi connectivity index (χ3v) is 9.60. The lowest BCUT2D eigenvalue weighted by Gasteiger charge is -2.28. The number of pyridine rings is 1. The summed E-state index contributed by atoms with van der Waals surface area (Å²) < 4.78 is 50.0. The van der Waals surface area contributed by atoms with Gasteiger partial charge in [0.25, 0.3) is 5.91 Å². The van der Waals surface area contributed by atoms with E-state index >= 15 is 0 Å². The van der Waals surface area contributed by atoms with Crippen molar-refractivity contribution in [3.05, 3.63) is 89.7 Å². The minimum atomic E-state index is -3.71. The molecule has 0 bridgehead atoms. The smallest absolute Gasteiger partial charge is 0.255 e. The fourth-order valence-electron chi connectivity index (χ4n) is 6.06. The first-order valence-corrected chi connectivity index (χ1v) is 16.2. The SMILES string of the molecule is CNC(=O)c1c(-c2ccc(C)cc2)oc2cc(N(C)S(C)(=O)=O)c(-c3ccc4c(n3)-c3cc5c(F)cccc5n3C(C)N4)cc12. The fraction of sp³-hybridized carbons (Fsp3) is 0.176. The van der Waals surface area contributed by atoms with E-state index < -0.39 is 10.0 Å². The number of fused-ring (bicyclic) bond motifs is 6. The molecule has 228 valence electrons. The van der Waals surface area contributed by atoms with Gasteiger partial charge in [-0.2, -0.15) is 0 Å². The summed E-state index contributed by atoms with van der Waals surface area (Å²) in [5.74, 6) is -0.298. The van der Waals surface area contributed by atoms with Crippen LogP contribution in [0.1, 0.15) is 29.0 Å². The van der Waals surface area contributed by atoms with Crippen LogP contribution in [0.3, 0.4) is 0 Å². The minimum absolute atomic E-state index is 0.163. The standard InChI is InChI=1S/C34H30FN5O4S/c1-18-9-11-20(12-10-18)33-31(34(41)36-3)23-15-22(28(17-30(23)44-33)39(4)45(5,42)43)25-13-14-26-32(38-25)29-16-21-24(35)7-6-8-27(21)40(29)19(2)37-26/h6-17,19,37H,1-5H3,(H,36,41). The Morgan fingerprint density at radius 2 is 1.82 bits per heavy atom. The number of hydrogen-bond acceptors (Lipinski definition) is 6. The molecule has 45 heavy (non-hydrogen) atoms. The predicted octanol–water partition coefficient (Wildman–Crippen LogP) is 6.93. The summed E-state index contributed by atoms with van der Waals surface area (Å²) in [5.41, 5.74) is 6.54. The van der Waals surface area contributed by atoms with Crippen molar-refractivity contribution in [2.75, 3.05) is 30.0 Å². The maximum absolute atomic E-state index is 14.8. The molecule has 1 aliphatic heterocycles. The van der Waals surface area contributed by atoms with Gasteiger partial charge in [0, 0.05) is 42.1 Å². The summed E-state index contributed by atoms with van der Waals surface area (Å²) in [6.45, 7) is 3.96. The van der Waals surface area contributed by atoms with Gasteiger partial charge in [0.2, 0.25) is 10.0 Å². The third kappa shape index (κ3) is 4.53. The molecule has 2 N–H and O–H groups in total. The molecule has 1 unspecified atom stereocenters. The Hall–Kier alpha value is -5.16. The van der Waals surface area contributed by atoms with E-state index in [9.17, 15) is 17.6 Å². The van der Waals surface area contributed by atoms with Crippen molar-refractivity contribution >= 4 is 49.2 Å². The molecule has 6 aromatic rings. The minimum Gasteiger partial charge on any atom is -0.455 e. The van der Waals surface area contributed by atoms with E-state index in [2.05, 4.69) is 10.6 Å². The van der Waals surface area contributed by atoms with Gasteiger partial charge in [0.05, 0.1) is 40.1 Å². The Balaban J connectivity index is 1.50. The number of nitrogens with one attached hydrogen (secondary N) is 2. The Morgan fingerprint density at radius 1 is 1.07 bits per heavy atom. The Morgan fingerprint density at radius 3 is 2.53 bits per heavy atom. The largest absolute Gasteiger partial charge is 0.455 e. The van der Waals surface area contributed by atoms with E-state index in [1.165, 1.54) is 17.4 Å². The number of benzene rings is 3. The van der Waals surface area contributed by atoms with E-state index in [-0.39, 0.29) is 17.9 Å². The maximum Gasteiger partial charge on any atom is 0.255 e. The molecule has 7 rings (SSSR count). The number of nitrogens with zero attached hydrogens (tertiary/aromatic N) is 3. The molecule has 0 aliphatic carbocycles. The Kier molecular flexibility index (Phi) is 6.48. The first-order chi connectivity index (χ1) is 21.5. The van der Waals surface area contributed by atoms with E-state index in [1.807, 2.05) is 54.8 Å². The van der Waals surface area contributed by atoms with Gasteiger partial charge < -0.3 is 19.6 Å². The number of rotatable bonds is 5. The van der Waals surface area contributed by atoms with Crippen molar-refractivity contribution in [3.8, 4) is 34.0 Å². The highest BCUT2D eigenvalue weighted by atomic mass is 32.2. The third-order valence-electron chi connectivity index (χ3n) is 8.41. The van der Waals surface area contributed by atoms with Crippen molar-refractivity contribution < 1.29 is 22.0 Å². The molecule has 3 aromatic heterocycles. The first-order valence-electron chi connectivity index (χ1n) is 14.4. The zero-order valence-electron chi connectivity index (χ0n) is 25.3. The Labute approximate surface area is 259 Å². The maximum atomic E-state index is 14.8. The van der Waals surface area contributed by atoms with Crippen LogP contribution >= 0.6 is 0 Å². The van der Waals surface area contributed by atoms with Gasteiger partial charge >= 0.3 is 0 Å². The molecule has 1 amide bonds. The summed E-state index contributed by atoms with van der Waals surface area (Å²) >= 11 is 0. The van der Waals surface area contributed by atoms with E-state index in [0.717, 1.165) is 28.7 Å². The van der Waals surface area contributed by atoms with Crippen LogP contribution in [0, 0.1) is 12.7 Å². The number of aromatic nitrogens is 2. The topological polar surface area (TPSA) is 109 Å². The molecule has 11 heteroatoms. The summed E-state index contributed by atoms with van der Waals surface area (Å²) in [6.07, 6.45) is 0.957. The first kappa shape index (κ1) is 28.6. The highest BCUT2D eigenvalue weighted by Crippen LogP contribution is 2.44. The van der Waals surface area contributed by atoms with Crippen LogP contribution in [-0.4, -0.2) is 44.2 Å². The zero-order chi connectivity index (χ0) is 31.8.